The van der Waals surface area contributed by atoms with Gasteiger partial charge in [-0.2, -0.15) is 0 Å². The van der Waals surface area contributed by atoms with Crippen LogP contribution in [0.5, 0.6) is 0 Å². The van der Waals surface area contributed by atoms with Crippen LogP contribution in [0.25, 0.3) is 0 Å². The summed E-state index contributed by atoms with van der Waals surface area (Å²) < 4.78 is 6.73. The quantitative estimate of drug-likeness (QED) is 0.657. The highest BCUT2D eigenvalue weighted by atomic mass is 16.5. The lowest BCUT2D eigenvalue weighted by atomic mass is 10.3. The average molecular weight is 168 g/mol. The number of H-pyrrole nitrogens is 1. The van der Waals surface area contributed by atoms with Gasteiger partial charge in [-0.15, -0.1) is 0 Å². The second-order valence-electron chi connectivity index (χ2n) is 3.13. The van der Waals surface area contributed by atoms with Crippen LogP contribution in [0.3, 0.4) is 0 Å². The summed E-state index contributed by atoms with van der Waals surface area (Å²) in [4.78, 5) is 11.4. The third kappa shape index (κ3) is 0.845. The highest BCUT2D eigenvalue weighted by Gasteiger charge is 2.27. The van der Waals surface area contributed by atoms with Gasteiger partial charge in [0.25, 0.3) is 5.56 Å². The van der Waals surface area contributed by atoms with Gasteiger partial charge < -0.3 is 4.74 Å². The fraction of sp³-hybridized carbons (Fsp3) is 0.625. The van der Waals surface area contributed by atoms with Crippen molar-refractivity contribution in [3.63, 3.8) is 0 Å². The van der Waals surface area contributed by atoms with E-state index in [0.717, 1.165) is 24.1 Å². The number of hydrogen-bond acceptors (Lipinski definition) is 2. The van der Waals surface area contributed by atoms with E-state index in [1.807, 2.05) is 0 Å². The molecular weight excluding hydrogens is 156 g/mol. The van der Waals surface area contributed by atoms with E-state index in [4.69, 9.17) is 4.74 Å². The molecule has 0 bridgehead atoms. The zero-order chi connectivity index (χ0) is 8.72. The van der Waals surface area contributed by atoms with E-state index in [1.165, 1.54) is 4.68 Å². The van der Waals surface area contributed by atoms with E-state index in [0.29, 0.717) is 0 Å². The smallest absolute Gasteiger partial charge is 0.269 e. The van der Waals surface area contributed by atoms with Crippen molar-refractivity contribution in [3.05, 3.63) is 21.6 Å². The molecule has 1 N–H and O–H groups in total. The first kappa shape index (κ1) is 7.61. The van der Waals surface area contributed by atoms with Crippen LogP contribution in [0.15, 0.2) is 4.79 Å². The molecule has 4 nitrogen and oxygen atoms in total. The zero-order valence-electron chi connectivity index (χ0n) is 7.26. The van der Waals surface area contributed by atoms with Crippen LogP contribution < -0.4 is 5.56 Å². The first-order chi connectivity index (χ1) is 5.74. The summed E-state index contributed by atoms with van der Waals surface area (Å²) in [5.74, 6) is 0. The van der Waals surface area contributed by atoms with Crippen LogP contribution in [0.1, 0.15) is 23.8 Å². The Kier molecular flexibility index (Phi) is 1.58. The molecular formula is C8H12N2O2. The van der Waals surface area contributed by atoms with Crippen LogP contribution in [0, 0.1) is 0 Å². The lowest BCUT2D eigenvalue weighted by Gasteiger charge is -2.05. The molecule has 1 aliphatic carbocycles. The number of methoxy groups -OCH3 is 1. The Morgan fingerprint density at radius 2 is 2.42 bits per heavy atom. The molecule has 0 amide bonds. The molecule has 66 valence electrons. The Bertz CT molecular complexity index is 350. The fourth-order valence-electron chi connectivity index (χ4n) is 1.78. The first-order valence-corrected chi connectivity index (χ1v) is 4.04. The number of nitrogens with one attached hydrogen (secondary N) is 1. The molecule has 1 unspecified atom stereocenters. The Hall–Kier alpha value is -1.03. The molecule has 4 heteroatoms. The van der Waals surface area contributed by atoms with E-state index in [1.54, 1.807) is 14.2 Å². The summed E-state index contributed by atoms with van der Waals surface area (Å²) in [7, 11) is 3.40. The van der Waals surface area contributed by atoms with E-state index in [2.05, 4.69) is 5.10 Å². The number of nitrogens with zero attached hydrogens (tertiary/aromatic N) is 1. The van der Waals surface area contributed by atoms with Gasteiger partial charge >= 0.3 is 0 Å². The number of aryl methyl sites for hydroxylation is 1. The predicted octanol–water partition coefficient (Wildman–Crippen LogP) is 0.347. The molecule has 0 aliphatic heterocycles. The molecule has 1 heterocycles. The average Bonchev–Trinajstić information content (AvgIpc) is 2.55. The zero-order valence-corrected chi connectivity index (χ0v) is 7.26. The normalized spacial score (nSPS) is 21.3. The summed E-state index contributed by atoms with van der Waals surface area (Å²) in [6, 6.07) is 0. The molecule has 0 saturated carbocycles. The van der Waals surface area contributed by atoms with Crippen molar-refractivity contribution < 1.29 is 4.74 Å². The molecule has 0 radical (unpaired) electrons. The standard InChI is InChI=1S/C8H12N2O2/c1-10-8(11)5-3-4-6(12-2)7(5)9-10/h6,9H,3-4H2,1-2H3. The van der Waals surface area contributed by atoms with Crippen molar-refractivity contribution in [2.24, 2.45) is 7.05 Å². The molecule has 1 aromatic rings. The lowest BCUT2D eigenvalue weighted by molar-refractivity contribution is 0.101. The molecule has 2 rings (SSSR count). The second kappa shape index (κ2) is 2.48. The van der Waals surface area contributed by atoms with Gasteiger partial charge in [0.05, 0.1) is 11.8 Å². The van der Waals surface area contributed by atoms with E-state index >= 15 is 0 Å². The summed E-state index contributed by atoms with van der Waals surface area (Å²) in [5, 5.41) is 3.00. The molecule has 0 spiro atoms. The van der Waals surface area contributed by atoms with Gasteiger partial charge in [-0.1, -0.05) is 0 Å². The Balaban J connectivity index is 2.53. The summed E-state index contributed by atoms with van der Waals surface area (Å²) in [6.07, 6.45) is 1.85. The van der Waals surface area contributed by atoms with E-state index in [-0.39, 0.29) is 11.7 Å². The number of ether oxygens (including phenoxy) is 1. The monoisotopic (exact) mass is 168 g/mol. The SMILES string of the molecule is COC1CCc2c1[nH]n(C)c2=O. The molecule has 0 saturated heterocycles. The fourth-order valence-corrected chi connectivity index (χ4v) is 1.78. The maximum Gasteiger partial charge on any atom is 0.269 e. The van der Waals surface area contributed by atoms with Crippen molar-refractivity contribution in [1.82, 2.24) is 9.78 Å². The summed E-state index contributed by atoms with van der Waals surface area (Å²) in [5.41, 5.74) is 1.94. The van der Waals surface area contributed by atoms with Gasteiger partial charge in [0.15, 0.2) is 0 Å². The molecule has 12 heavy (non-hydrogen) atoms. The molecule has 0 fully saturated rings. The topological polar surface area (TPSA) is 47.0 Å². The minimum Gasteiger partial charge on any atom is -0.375 e. The van der Waals surface area contributed by atoms with Crippen LogP contribution in [0.4, 0.5) is 0 Å². The molecule has 1 atom stereocenters. The second-order valence-corrected chi connectivity index (χ2v) is 3.13. The Labute approximate surface area is 70.1 Å². The van der Waals surface area contributed by atoms with Gasteiger partial charge in [0.2, 0.25) is 0 Å². The van der Waals surface area contributed by atoms with Crippen molar-refractivity contribution in [2.75, 3.05) is 7.11 Å². The summed E-state index contributed by atoms with van der Waals surface area (Å²) >= 11 is 0. The van der Waals surface area contributed by atoms with Crippen molar-refractivity contribution >= 4 is 0 Å². The number of aromatic amines is 1. The van der Waals surface area contributed by atoms with E-state index in [9.17, 15) is 4.79 Å². The van der Waals surface area contributed by atoms with Gasteiger partial charge in [-0.25, -0.2) is 0 Å². The maximum atomic E-state index is 11.4. The largest absolute Gasteiger partial charge is 0.375 e. The van der Waals surface area contributed by atoms with Crippen LogP contribution >= 0.6 is 0 Å². The highest BCUT2D eigenvalue weighted by molar-refractivity contribution is 5.25. The van der Waals surface area contributed by atoms with Crippen LogP contribution in [-0.2, 0) is 18.2 Å². The van der Waals surface area contributed by atoms with Gasteiger partial charge in [-0.3, -0.25) is 14.6 Å². The number of fused-ring (bicyclic) bond motifs is 1. The number of aromatic nitrogens is 2. The lowest BCUT2D eigenvalue weighted by Crippen LogP contribution is -2.14. The van der Waals surface area contributed by atoms with Crippen molar-refractivity contribution in [3.8, 4) is 0 Å². The summed E-state index contributed by atoms with van der Waals surface area (Å²) in [6.45, 7) is 0. The van der Waals surface area contributed by atoms with Crippen LogP contribution in [0.2, 0.25) is 0 Å². The number of hydrogen-bond donors (Lipinski definition) is 1. The van der Waals surface area contributed by atoms with Crippen molar-refractivity contribution in [1.29, 1.82) is 0 Å². The van der Waals surface area contributed by atoms with Gasteiger partial charge in [0.1, 0.15) is 0 Å². The minimum atomic E-state index is 0.0875. The predicted molar refractivity (Wildman–Crippen MR) is 44.1 cm³/mol. The maximum absolute atomic E-state index is 11.4. The van der Waals surface area contributed by atoms with Crippen LogP contribution in [-0.4, -0.2) is 16.9 Å². The Morgan fingerprint density at radius 3 is 3.08 bits per heavy atom. The van der Waals surface area contributed by atoms with E-state index < -0.39 is 0 Å². The van der Waals surface area contributed by atoms with Gasteiger partial charge in [0, 0.05) is 19.7 Å². The number of rotatable bonds is 1. The van der Waals surface area contributed by atoms with Crippen molar-refractivity contribution in [2.45, 2.75) is 18.9 Å². The molecule has 1 aromatic heterocycles. The third-order valence-corrected chi connectivity index (χ3v) is 2.44. The molecule has 0 aromatic carbocycles. The highest BCUT2D eigenvalue weighted by Crippen LogP contribution is 2.29. The third-order valence-electron chi connectivity index (χ3n) is 2.44. The molecule has 1 aliphatic rings. The van der Waals surface area contributed by atoms with Gasteiger partial charge in [-0.05, 0) is 12.8 Å². The first-order valence-electron chi connectivity index (χ1n) is 4.04. The Morgan fingerprint density at radius 1 is 1.67 bits per heavy atom. The minimum absolute atomic E-state index is 0.0875.